The fraction of sp³-hybridized carbons (Fsp3) is 0.692. The van der Waals surface area contributed by atoms with Crippen LogP contribution in [-0.4, -0.2) is 49.1 Å². The topological polar surface area (TPSA) is 108 Å². The van der Waals surface area contributed by atoms with E-state index in [1.807, 2.05) is 0 Å². The third kappa shape index (κ3) is 4.76. The average molecular weight is 454 g/mol. The van der Waals surface area contributed by atoms with Gasteiger partial charge in [0.25, 0.3) is 0 Å². The first-order chi connectivity index (χ1) is 15.9. The molecule has 7 atom stereocenters. The van der Waals surface area contributed by atoms with Crippen molar-refractivity contribution in [1.82, 2.24) is 16.0 Å². The molecular formula is C26H39N5O2. The Bertz CT molecular complexity index is 901. The number of hydrogen-bond donors (Lipinski definition) is 5. The number of hydrogen-bond acceptors (Lipinski definition) is 5. The summed E-state index contributed by atoms with van der Waals surface area (Å²) >= 11 is 0. The number of para-hydroxylation sites is 1. The van der Waals surface area contributed by atoms with Crippen LogP contribution < -0.4 is 27.0 Å². The quantitative estimate of drug-likeness (QED) is 0.432. The second kappa shape index (κ2) is 9.26. The monoisotopic (exact) mass is 453 g/mol. The first kappa shape index (κ1) is 22.7. The van der Waals surface area contributed by atoms with Crippen LogP contribution in [-0.2, 0) is 16.0 Å². The van der Waals surface area contributed by atoms with Crippen LogP contribution in [0.2, 0.25) is 0 Å². The van der Waals surface area contributed by atoms with E-state index in [9.17, 15) is 9.59 Å². The van der Waals surface area contributed by atoms with Gasteiger partial charge in [0.15, 0.2) is 0 Å². The highest BCUT2D eigenvalue weighted by molar-refractivity contribution is 5.88. The second-order valence-electron chi connectivity index (χ2n) is 11.0. The SMILES string of the molecule is Cc1cccc2c1NC(C(=O)NC(C1CC1)C1NCC(C(=O)NCC3CC[C@H]3N)CC1C)C2. The Morgan fingerprint density at radius 1 is 1.18 bits per heavy atom. The maximum atomic E-state index is 13.2. The van der Waals surface area contributed by atoms with Crippen LogP contribution in [0, 0.1) is 30.6 Å². The number of fused-ring (bicyclic) bond motifs is 1. The fourth-order valence-electron chi connectivity index (χ4n) is 5.99. The molecule has 7 heteroatoms. The molecule has 7 nitrogen and oxygen atoms in total. The molecule has 2 amide bonds. The molecule has 6 unspecified atom stereocenters. The zero-order chi connectivity index (χ0) is 23.1. The summed E-state index contributed by atoms with van der Waals surface area (Å²) in [6, 6.07) is 6.61. The van der Waals surface area contributed by atoms with Gasteiger partial charge in [-0.15, -0.1) is 0 Å². The number of carbonyl (C=O) groups is 2. The molecule has 0 spiro atoms. The highest BCUT2D eigenvalue weighted by atomic mass is 16.2. The average Bonchev–Trinajstić information content (AvgIpc) is 3.54. The third-order valence-corrected chi connectivity index (χ3v) is 8.50. The molecular weight excluding hydrogens is 414 g/mol. The van der Waals surface area contributed by atoms with Gasteiger partial charge < -0.3 is 27.0 Å². The van der Waals surface area contributed by atoms with E-state index in [0.717, 1.165) is 31.4 Å². The minimum atomic E-state index is -0.211. The van der Waals surface area contributed by atoms with Crippen LogP contribution in [0.3, 0.4) is 0 Å². The summed E-state index contributed by atoms with van der Waals surface area (Å²) in [4.78, 5) is 26.0. The first-order valence-corrected chi connectivity index (χ1v) is 12.8. The van der Waals surface area contributed by atoms with Crippen molar-refractivity contribution in [2.45, 2.75) is 76.5 Å². The van der Waals surface area contributed by atoms with E-state index in [1.165, 1.54) is 24.0 Å². The number of aryl methyl sites for hydroxylation is 1. The molecule has 33 heavy (non-hydrogen) atoms. The molecule has 2 aliphatic carbocycles. The highest BCUT2D eigenvalue weighted by Crippen LogP contribution is 2.38. The van der Waals surface area contributed by atoms with Crippen molar-refractivity contribution in [3.05, 3.63) is 29.3 Å². The molecule has 180 valence electrons. The van der Waals surface area contributed by atoms with Crippen LogP contribution in [0.5, 0.6) is 0 Å². The summed E-state index contributed by atoms with van der Waals surface area (Å²) in [5.41, 5.74) is 9.53. The fourth-order valence-corrected chi connectivity index (χ4v) is 5.99. The van der Waals surface area contributed by atoms with Crippen molar-refractivity contribution >= 4 is 17.5 Å². The van der Waals surface area contributed by atoms with E-state index in [-0.39, 0.29) is 41.9 Å². The summed E-state index contributed by atoms with van der Waals surface area (Å²) in [5.74, 6) is 1.50. The van der Waals surface area contributed by atoms with E-state index in [1.54, 1.807) is 0 Å². The number of nitrogens with one attached hydrogen (secondary N) is 4. The van der Waals surface area contributed by atoms with Crippen molar-refractivity contribution < 1.29 is 9.59 Å². The van der Waals surface area contributed by atoms with Gasteiger partial charge in [-0.3, -0.25) is 9.59 Å². The molecule has 3 fully saturated rings. The van der Waals surface area contributed by atoms with Crippen LogP contribution in [0.4, 0.5) is 5.69 Å². The number of nitrogens with two attached hydrogens (primary N) is 1. The lowest BCUT2D eigenvalue weighted by molar-refractivity contribution is -0.127. The number of amides is 2. The van der Waals surface area contributed by atoms with Crippen LogP contribution >= 0.6 is 0 Å². The molecule has 6 N–H and O–H groups in total. The summed E-state index contributed by atoms with van der Waals surface area (Å²) in [6.07, 6.45) is 6.11. The Balaban J connectivity index is 1.15. The summed E-state index contributed by atoms with van der Waals surface area (Å²) in [7, 11) is 0. The molecule has 2 saturated carbocycles. The molecule has 1 saturated heterocycles. The smallest absolute Gasteiger partial charge is 0.243 e. The largest absolute Gasteiger partial charge is 0.373 e. The van der Waals surface area contributed by atoms with Gasteiger partial charge >= 0.3 is 0 Å². The molecule has 2 heterocycles. The Morgan fingerprint density at radius 2 is 2.00 bits per heavy atom. The zero-order valence-electron chi connectivity index (χ0n) is 19.9. The Kier molecular flexibility index (Phi) is 6.36. The number of rotatable bonds is 7. The van der Waals surface area contributed by atoms with Crippen LogP contribution in [0.15, 0.2) is 18.2 Å². The van der Waals surface area contributed by atoms with Crippen LogP contribution in [0.1, 0.15) is 50.2 Å². The van der Waals surface area contributed by atoms with Crippen molar-refractivity contribution in [1.29, 1.82) is 0 Å². The molecule has 0 radical (unpaired) electrons. The minimum Gasteiger partial charge on any atom is -0.373 e. The summed E-state index contributed by atoms with van der Waals surface area (Å²) < 4.78 is 0. The minimum absolute atomic E-state index is 0.0166. The molecule has 4 aliphatic rings. The summed E-state index contributed by atoms with van der Waals surface area (Å²) in [5, 5.41) is 13.6. The van der Waals surface area contributed by atoms with Gasteiger partial charge in [0.2, 0.25) is 11.8 Å². The Morgan fingerprint density at radius 3 is 2.64 bits per heavy atom. The van der Waals surface area contributed by atoms with Crippen molar-refractivity contribution in [3.63, 3.8) is 0 Å². The molecule has 0 bridgehead atoms. The molecule has 5 rings (SSSR count). The van der Waals surface area contributed by atoms with E-state index in [0.29, 0.717) is 30.8 Å². The van der Waals surface area contributed by atoms with Crippen LogP contribution in [0.25, 0.3) is 0 Å². The van der Waals surface area contributed by atoms with E-state index in [2.05, 4.69) is 53.3 Å². The lowest BCUT2D eigenvalue weighted by Crippen LogP contribution is -2.60. The maximum absolute atomic E-state index is 13.2. The van der Waals surface area contributed by atoms with E-state index < -0.39 is 0 Å². The van der Waals surface area contributed by atoms with Gasteiger partial charge in [0.1, 0.15) is 6.04 Å². The van der Waals surface area contributed by atoms with E-state index >= 15 is 0 Å². The number of piperidine rings is 1. The lowest BCUT2D eigenvalue weighted by atomic mass is 9.79. The predicted molar refractivity (Wildman–Crippen MR) is 130 cm³/mol. The standard InChI is InChI=1S/C26H39N5O2/c1-14-4-3-5-17-11-21(30-22(14)17)26(33)31-24(16-6-7-16)23-15(2)10-19(13-28-23)25(32)29-12-18-8-9-20(18)27/h3-5,15-16,18-21,23-24,28,30H,6-13,27H2,1-2H3,(H,29,32)(H,31,33)/t15?,18?,19?,20-,21?,23?,24?/m1/s1. The van der Waals surface area contributed by atoms with Gasteiger partial charge in [-0.2, -0.15) is 0 Å². The Labute approximate surface area is 197 Å². The molecule has 2 aliphatic heterocycles. The van der Waals surface area contributed by atoms with Gasteiger partial charge in [0, 0.05) is 43.3 Å². The number of anilines is 1. The molecule has 0 aromatic heterocycles. The number of carbonyl (C=O) groups excluding carboxylic acids is 2. The first-order valence-electron chi connectivity index (χ1n) is 12.8. The van der Waals surface area contributed by atoms with Crippen molar-refractivity contribution in [3.8, 4) is 0 Å². The van der Waals surface area contributed by atoms with Crippen molar-refractivity contribution in [2.24, 2.45) is 29.4 Å². The zero-order valence-corrected chi connectivity index (χ0v) is 19.9. The normalized spacial score (nSPS) is 33.9. The van der Waals surface area contributed by atoms with Crippen molar-refractivity contribution in [2.75, 3.05) is 18.4 Å². The lowest BCUT2D eigenvalue weighted by Gasteiger charge is -2.40. The second-order valence-corrected chi connectivity index (χ2v) is 11.0. The van der Waals surface area contributed by atoms with E-state index in [4.69, 9.17) is 5.73 Å². The van der Waals surface area contributed by atoms with Gasteiger partial charge in [0.05, 0.1) is 5.92 Å². The summed E-state index contributed by atoms with van der Waals surface area (Å²) in [6.45, 7) is 5.67. The number of benzene rings is 1. The van der Waals surface area contributed by atoms with Gasteiger partial charge in [-0.1, -0.05) is 25.1 Å². The van der Waals surface area contributed by atoms with Gasteiger partial charge in [-0.25, -0.2) is 0 Å². The predicted octanol–water partition coefficient (Wildman–Crippen LogP) is 1.69. The van der Waals surface area contributed by atoms with Gasteiger partial charge in [-0.05, 0) is 67.9 Å². The molecule has 1 aromatic rings. The Hall–Kier alpha value is -2.12. The molecule has 1 aromatic carbocycles. The highest BCUT2D eigenvalue weighted by Gasteiger charge is 2.44. The maximum Gasteiger partial charge on any atom is 0.243 e. The third-order valence-electron chi connectivity index (χ3n) is 8.50.